The van der Waals surface area contributed by atoms with Crippen molar-refractivity contribution in [2.24, 2.45) is 0 Å². The van der Waals surface area contributed by atoms with Crippen LogP contribution in [0.2, 0.25) is 0 Å². The van der Waals surface area contributed by atoms with E-state index in [0.717, 1.165) is 89.3 Å². The number of hydrogen-bond donors (Lipinski definition) is 1. The van der Waals surface area contributed by atoms with Crippen LogP contribution in [0.3, 0.4) is 0 Å². The van der Waals surface area contributed by atoms with Gasteiger partial charge in [-0.3, -0.25) is 0 Å². The third kappa shape index (κ3) is 9.51. The number of ether oxygens (including phenoxy) is 2. The smallest absolute Gasteiger partial charge is 0.172 e. The summed E-state index contributed by atoms with van der Waals surface area (Å²) in [6.07, 6.45) is 11.2. The van der Waals surface area contributed by atoms with Gasteiger partial charge in [0.2, 0.25) is 0 Å². The molecule has 0 saturated carbocycles. The molecule has 2 heterocycles. The van der Waals surface area contributed by atoms with Crippen LogP contribution < -0.4 is 9.64 Å². The summed E-state index contributed by atoms with van der Waals surface area (Å²) in [5.74, 6) is -1.16. The highest BCUT2D eigenvalue weighted by molar-refractivity contribution is 7.13. The number of thiophene rings is 1. The van der Waals surface area contributed by atoms with E-state index in [9.17, 15) is 29.7 Å². The zero-order valence-electron chi connectivity index (χ0n) is 30.2. The van der Waals surface area contributed by atoms with Gasteiger partial charge in [0.25, 0.3) is 0 Å². The molecule has 0 saturated heterocycles. The first-order chi connectivity index (χ1) is 26.2. The van der Waals surface area contributed by atoms with Gasteiger partial charge in [-0.1, -0.05) is 49.8 Å². The number of aliphatic hydroxyl groups is 1. The van der Waals surface area contributed by atoms with Gasteiger partial charge in [-0.05, 0) is 86.4 Å². The maximum atomic E-state index is 14.4. The molecule has 5 rings (SSSR count). The molecule has 1 atom stereocenters. The minimum atomic E-state index is -1.56. The van der Waals surface area contributed by atoms with Crippen LogP contribution in [0.4, 0.5) is 14.5 Å². The molecule has 1 unspecified atom stereocenters. The normalized spacial score (nSPS) is 15.3. The Labute approximate surface area is 319 Å². The summed E-state index contributed by atoms with van der Waals surface area (Å²) < 4.78 is 41.2. The van der Waals surface area contributed by atoms with E-state index in [1.54, 1.807) is 31.2 Å². The first-order valence-electron chi connectivity index (χ1n) is 17.7. The number of benzene rings is 3. The van der Waals surface area contributed by atoms with Gasteiger partial charge in [0, 0.05) is 64.0 Å². The van der Waals surface area contributed by atoms with Crippen molar-refractivity contribution in [1.82, 2.24) is 0 Å². The number of halogens is 2. The second-order valence-corrected chi connectivity index (χ2v) is 13.9. The number of rotatable bonds is 16. The Bertz CT molecular complexity index is 2170. The number of nitriles is 3. The molecule has 54 heavy (non-hydrogen) atoms. The molecule has 7 nitrogen and oxygen atoms in total. The molecule has 1 aliphatic rings. The van der Waals surface area contributed by atoms with E-state index in [2.05, 4.69) is 30.0 Å². The molecule has 10 heteroatoms. The predicted octanol–water partition coefficient (Wildman–Crippen LogP) is 10.2. The molecule has 1 aliphatic heterocycles. The highest BCUT2D eigenvalue weighted by atomic mass is 32.1. The van der Waals surface area contributed by atoms with E-state index in [0.29, 0.717) is 6.61 Å². The van der Waals surface area contributed by atoms with Gasteiger partial charge in [-0.2, -0.15) is 15.8 Å². The maximum absolute atomic E-state index is 14.4. The molecule has 1 N–H and O–H groups in total. The molecule has 0 spiro atoms. The SMILES string of the molecule is CCCCN(CCCCO)c1ccc(/C=C/c2ccc(/C=C/C3=C(C#N)C(=C(C#N)C#N)OC3(C)c3cc(F)cc(F)c3)s2)c(OCc2ccccc2)c1. The van der Waals surface area contributed by atoms with Crippen molar-refractivity contribution < 1.29 is 23.4 Å². The van der Waals surface area contributed by atoms with Gasteiger partial charge in [-0.15, -0.1) is 11.3 Å². The first kappa shape index (κ1) is 39.2. The molecule has 3 aromatic carbocycles. The summed E-state index contributed by atoms with van der Waals surface area (Å²) in [6.45, 7) is 6.04. The van der Waals surface area contributed by atoms with Crippen molar-refractivity contribution in [1.29, 1.82) is 15.8 Å². The first-order valence-corrected chi connectivity index (χ1v) is 18.5. The Morgan fingerprint density at radius 3 is 2.20 bits per heavy atom. The quantitative estimate of drug-likeness (QED) is 0.0898. The van der Waals surface area contributed by atoms with Gasteiger partial charge < -0.3 is 19.5 Å². The van der Waals surface area contributed by atoms with Crippen LogP contribution in [0.25, 0.3) is 18.2 Å². The van der Waals surface area contributed by atoms with E-state index in [1.807, 2.05) is 60.7 Å². The van der Waals surface area contributed by atoms with E-state index in [4.69, 9.17) is 9.47 Å². The lowest BCUT2D eigenvalue weighted by Crippen LogP contribution is -2.25. The molecule has 0 aliphatic carbocycles. The molecule has 0 radical (unpaired) electrons. The summed E-state index contributed by atoms with van der Waals surface area (Å²) in [5.41, 5.74) is 1.31. The van der Waals surface area contributed by atoms with Crippen molar-refractivity contribution >= 4 is 35.3 Å². The molecular weight excluding hydrogens is 703 g/mol. The number of aliphatic hydroxyl groups excluding tert-OH is 1. The monoisotopic (exact) mass is 742 g/mol. The lowest BCUT2D eigenvalue weighted by molar-refractivity contribution is 0.0749. The molecule has 0 amide bonds. The predicted molar refractivity (Wildman–Crippen MR) is 209 cm³/mol. The van der Waals surface area contributed by atoms with Gasteiger partial charge in [0.15, 0.2) is 16.9 Å². The second kappa shape index (κ2) is 18.7. The number of unbranched alkanes of at least 4 members (excludes halogenated alkanes) is 2. The van der Waals surface area contributed by atoms with E-state index < -0.39 is 22.8 Å². The lowest BCUT2D eigenvalue weighted by atomic mass is 9.86. The Kier molecular flexibility index (Phi) is 13.6. The van der Waals surface area contributed by atoms with Gasteiger partial charge in [0.05, 0.1) is 0 Å². The van der Waals surface area contributed by atoms with Crippen LogP contribution in [0.1, 0.15) is 66.0 Å². The Morgan fingerprint density at radius 2 is 1.56 bits per heavy atom. The fraction of sp³-hybridized carbons (Fsp3) is 0.250. The summed E-state index contributed by atoms with van der Waals surface area (Å²) >= 11 is 1.48. The van der Waals surface area contributed by atoms with Gasteiger partial charge >= 0.3 is 0 Å². The fourth-order valence-electron chi connectivity index (χ4n) is 6.11. The van der Waals surface area contributed by atoms with Crippen LogP contribution in [-0.4, -0.2) is 24.8 Å². The van der Waals surface area contributed by atoms with Crippen molar-refractivity contribution in [2.75, 3.05) is 24.6 Å². The van der Waals surface area contributed by atoms with Crippen molar-refractivity contribution in [2.45, 2.75) is 51.7 Å². The molecule has 0 bridgehead atoms. The highest BCUT2D eigenvalue weighted by Gasteiger charge is 2.44. The number of hydrogen-bond acceptors (Lipinski definition) is 8. The molecule has 1 aromatic heterocycles. The van der Waals surface area contributed by atoms with E-state index in [1.165, 1.54) is 11.3 Å². The minimum Gasteiger partial charge on any atom is -0.488 e. The third-order valence-electron chi connectivity index (χ3n) is 9.00. The summed E-state index contributed by atoms with van der Waals surface area (Å²) in [7, 11) is 0. The topological polar surface area (TPSA) is 113 Å². The summed E-state index contributed by atoms with van der Waals surface area (Å²) in [6, 6.07) is 28.6. The van der Waals surface area contributed by atoms with Crippen molar-refractivity contribution in [3.63, 3.8) is 0 Å². The molecular formula is C44H40F2N4O3S. The maximum Gasteiger partial charge on any atom is 0.172 e. The van der Waals surface area contributed by atoms with Crippen LogP contribution in [0.5, 0.6) is 5.75 Å². The van der Waals surface area contributed by atoms with Crippen LogP contribution in [0.15, 0.2) is 107 Å². The summed E-state index contributed by atoms with van der Waals surface area (Å²) in [4.78, 5) is 4.10. The van der Waals surface area contributed by atoms with Gasteiger partial charge in [0.1, 0.15) is 47.8 Å². The number of allylic oxidation sites excluding steroid dienone is 2. The average molecular weight is 743 g/mol. The third-order valence-corrected chi connectivity index (χ3v) is 10.0. The van der Waals surface area contributed by atoms with Crippen LogP contribution >= 0.6 is 11.3 Å². The van der Waals surface area contributed by atoms with Crippen molar-refractivity contribution in [3.8, 4) is 24.0 Å². The zero-order chi connectivity index (χ0) is 38.5. The Balaban J connectivity index is 1.45. The number of nitrogens with zero attached hydrogens (tertiary/aromatic N) is 4. The van der Waals surface area contributed by atoms with Crippen LogP contribution in [0, 0.1) is 45.6 Å². The Hall–Kier alpha value is -5.99. The average Bonchev–Trinajstić information content (AvgIpc) is 3.75. The fourth-order valence-corrected chi connectivity index (χ4v) is 6.92. The molecule has 0 fully saturated rings. The second-order valence-electron chi connectivity index (χ2n) is 12.8. The Morgan fingerprint density at radius 1 is 0.870 bits per heavy atom. The largest absolute Gasteiger partial charge is 0.488 e. The van der Waals surface area contributed by atoms with Gasteiger partial charge in [-0.25, -0.2) is 8.78 Å². The van der Waals surface area contributed by atoms with Crippen LogP contribution in [-0.2, 0) is 16.9 Å². The molecule has 4 aromatic rings. The van der Waals surface area contributed by atoms with Crippen molar-refractivity contribution in [3.05, 3.63) is 145 Å². The highest BCUT2D eigenvalue weighted by Crippen LogP contribution is 2.47. The van der Waals surface area contributed by atoms with E-state index >= 15 is 0 Å². The minimum absolute atomic E-state index is 0.0682. The zero-order valence-corrected chi connectivity index (χ0v) is 31.0. The van der Waals surface area contributed by atoms with E-state index in [-0.39, 0.29) is 29.1 Å². The lowest BCUT2D eigenvalue weighted by Gasteiger charge is -2.27. The molecule has 274 valence electrons. The standard InChI is InChI=1S/C44H40F2N4O3S/c1-3-4-20-50(21-8-9-22-51)37-14-12-32(42(26-37)52-30-31-10-6-5-7-11-31)13-15-38-16-17-39(54-38)18-19-41-40(29-49)43(33(27-47)28-48)53-44(41,2)34-23-35(45)25-36(46)24-34/h5-7,10-19,23-26,51H,3-4,8-9,20-22,30H2,1-2H3/b15-13+,19-18+. The summed E-state index contributed by atoms with van der Waals surface area (Å²) in [5, 5.41) is 38.6. The number of anilines is 1.